The number of carboxylic acid groups (broad SMARTS) is 1. The Morgan fingerprint density at radius 1 is 1.36 bits per heavy atom. The Kier molecular flexibility index (Phi) is 5.08. The van der Waals surface area contributed by atoms with E-state index in [0.29, 0.717) is 10.8 Å². The SMILES string of the molecule is COc1ccc(-c2nc(C(=O)N[C@@H](CO)C(=O)O)cs2)cc1. The molecular weight excluding hydrogens is 308 g/mol. The fourth-order valence-corrected chi connectivity index (χ4v) is 2.47. The summed E-state index contributed by atoms with van der Waals surface area (Å²) in [5.41, 5.74) is 0.928. The number of hydrogen-bond acceptors (Lipinski definition) is 6. The van der Waals surface area contributed by atoms with Gasteiger partial charge in [-0.15, -0.1) is 11.3 Å². The second-order valence-corrected chi connectivity index (χ2v) is 5.17. The van der Waals surface area contributed by atoms with Crippen LogP contribution < -0.4 is 10.1 Å². The normalized spacial score (nSPS) is 11.7. The van der Waals surface area contributed by atoms with Crippen molar-refractivity contribution in [3.63, 3.8) is 0 Å². The van der Waals surface area contributed by atoms with Crippen molar-refractivity contribution in [1.29, 1.82) is 0 Å². The first kappa shape index (κ1) is 15.9. The third-order valence-electron chi connectivity index (χ3n) is 2.86. The van der Waals surface area contributed by atoms with Gasteiger partial charge in [-0.1, -0.05) is 0 Å². The summed E-state index contributed by atoms with van der Waals surface area (Å²) in [6, 6.07) is 5.84. The smallest absolute Gasteiger partial charge is 0.328 e. The number of nitrogens with one attached hydrogen (secondary N) is 1. The number of hydrogen-bond donors (Lipinski definition) is 3. The molecule has 0 aliphatic rings. The summed E-state index contributed by atoms with van der Waals surface area (Å²) in [4.78, 5) is 26.9. The molecule has 7 nitrogen and oxygen atoms in total. The maximum atomic E-state index is 11.9. The summed E-state index contributed by atoms with van der Waals surface area (Å²) in [5, 5.41) is 22.1. The molecule has 1 aromatic heterocycles. The number of amides is 1. The summed E-state index contributed by atoms with van der Waals surface area (Å²) in [5.74, 6) is -1.23. The number of aliphatic hydroxyl groups excluding tert-OH is 1. The van der Waals surface area contributed by atoms with E-state index in [0.717, 1.165) is 5.56 Å². The lowest BCUT2D eigenvalue weighted by Crippen LogP contribution is -2.43. The molecule has 2 rings (SSSR count). The third kappa shape index (κ3) is 3.60. The Morgan fingerprint density at radius 3 is 2.59 bits per heavy atom. The molecule has 116 valence electrons. The number of aromatic nitrogens is 1. The first-order valence-corrected chi connectivity index (χ1v) is 7.17. The lowest BCUT2D eigenvalue weighted by Gasteiger charge is -2.09. The molecule has 22 heavy (non-hydrogen) atoms. The Bertz CT molecular complexity index is 668. The first-order valence-electron chi connectivity index (χ1n) is 6.29. The van der Waals surface area contributed by atoms with E-state index in [1.807, 2.05) is 12.1 Å². The number of carbonyl (C=O) groups is 2. The van der Waals surface area contributed by atoms with E-state index in [-0.39, 0.29) is 5.69 Å². The van der Waals surface area contributed by atoms with Gasteiger partial charge in [-0.25, -0.2) is 9.78 Å². The molecule has 0 saturated heterocycles. The zero-order valence-corrected chi connectivity index (χ0v) is 12.5. The molecule has 1 heterocycles. The zero-order chi connectivity index (χ0) is 16.1. The van der Waals surface area contributed by atoms with Crippen LogP contribution in [0.3, 0.4) is 0 Å². The van der Waals surface area contributed by atoms with Gasteiger partial charge in [0.15, 0.2) is 6.04 Å². The molecule has 0 fully saturated rings. The van der Waals surface area contributed by atoms with Gasteiger partial charge in [0.05, 0.1) is 13.7 Å². The maximum Gasteiger partial charge on any atom is 0.328 e. The topological polar surface area (TPSA) is 109 Å². The van der Waals surface area contributed by atoms with Gasteiger partial charge in [-0.05, 0) is 24.3 Å². The summed E-state index contributed by atoms with van der Waals surface area (Å²) < 4.78 is 5.07. The van der Waals surface area contributed by atoms with Crippen molar-refractivity contribution in [2.24, 2.45) is 0 Å². The predicted octanol–water partition coefficient (Wildman–Crippen LogP) is 0.994. The highest BCUT2D eigenvalue weighted by molar-refractivity contribution is 7.13. The van der Waals surface area contributed by atoms with E-state index in [2.05, 4.69) is 10.3 Å². The lowest BCUT2D eigenvalue weighted by atomic mass is 10.2. The van der Waals surface area contributed by atoms with Crippen LogP contribution in [-0.4, -0.2) is 46.8 Å². The van der Waals surface area contributed by atoms with Crippen molar-refractivity contribution in [1.82, 2.24) is 10.3 Å². The number of ether oxygens (including phenoxy) is 1. The minimum absolute atomic E-state index is 0.107. The van der Waals surface area contributed by atoms with Gasteiger partial charge in [-0.2, -0.15) is 0 Å². The van der Waals surface area contributed by atoms with Crippen LogP contribution in [0.15, 0.2) is 29.6 Å². The van der Waals surface area contributed by atoms with E-state index < -0.39 is 24.5 Å². The standard InChI is InChI=1S/C14H14N2O5S/c1-21-9-4-2-8(3-5-9)13-16-11(7-22-13)12(18)15-10(6-17)14(19)20/h2-5,7,10,17H,6H2,1H3,(H,15,18)(H,19,20)/t10-/m0/s1. The Morgan fingerprint density at radius 2 is 2.05 bits per heavy atom. The second-order valence-electron chi connectivity index (χ2n) is 4.31. The van der Waals surface area contributed by atoms with Crippen molar-refractivity contribution in [2.75, 3.05) is 13.7 Å². The monoisotopic (exact) mass is 322 g/mol. The third-order valence-corrected chi connectivity index (χ3v) is 3.75. The molecule has 1 aromatic carbocycles. The fraction of sp³-hybridized carbons (Fsp3) is 0.214. The number of carbonyl (C=O) groups excluding carboxylic acids is 1. The van der Waals surface area contributed by atoms with Gasteiger partial charge in [0.2, 0.25) is 0 Å². The van der Waals surface area contributed by atoms with Crippen LogP contribution in [0, 0.1) is 0 Å². The van der Waals surface area contributed by atoms with Gasteiger partial charge < -0.3 is 20.3 Å². The number of methoxy groups -OCH3 is 1. The summed E-state index contributed by atoms with van der Waals surface area (Å²) in [6.45, 7) is -0.684. The van der Waals surface area contributed by atoms with E-state index in [4.69, 9.17) is 14.9 Å². The molecule has 0 spiro atoms. The number of carboxylic acids is 1. The Hall–Kier alpha value is -2.45. The number of aliphatic carboxylic acids is 1. The average molecular weight is 322 g/mol. The number of thiazole rings is 1. The van der Waals surface area contributed by atoms with Crippen LogP contribution in [0.2, 0.25) is 0 Å². The van der Waals surface area contributed by atoms with Crippen LogP contribution in [0.1, 0.15) is 10.5 Å². The highest BCUT2D eigenvalue weighted by Gasteiger charge is 2.21. The molecule has 2 aromatic rings. The van der Waals surface area contributed by atoms with E-state index in [1.54, 1.807) is 19.2 Å². The van der Waals surface area contributed by atoms with Gasteiger partial charge in [0.25, 0.3) is 5.91 Å². The van der Waals surface area contributed by atoms with Crippen LogP contribution in [0.4, 0.5) is 0 Å². The Balaban J connectivity index is 2.13. The predicted molar refractivity (Wildman–Crippen MR) is 80.1 cm³/mol. The largest absolute Gasteiger partial charge is 0.497 e. The zero-order valence-electron chi connectivity index (χ0n) is 11.6. The van der Waals surface area contributed by atoms with Crippen molar-refractivity contribution in [3.05, 3.63) is 35.3 Å². The molecule has 0 aliphatic carbocycles. The van der Waals surface area contributed by atoms with Gasteiger partial charge in [0.1, 0.15) is 16.5 Å². The molecule has 1 atom stereocenters. The van der Waals surface area contributed by atoms with Crippen molar-refractivity contribution < 1.29 is 24.5 Å². The van der Waals surface area contributed by atoms with Gasteiger partial charge >= 0.3 is 5.97 Å². The second kappa shape index (κ2) is 7.01. The Labute approximate surface area is 130 Å². The fourth-order valence-electron chi connectivity index (χ4n) is 1.66. The quantitative estimate of drug-likeness (QED) is 0.732. The number of aliphatic hydroxyl groups is 1. The maximum absolute atomic E-state index is 11.9. The summed E-state index contributed by atoms with van der Waals surface area (Å²) in [6.07, 6.45) is 0. The summed E-state index contributed by atoms with van der Waals surface area (Å²) >= 11 is 1.26. The number of benzene rings is 1. The van der Waals surface area contributed by atoms with Crippen LogP contribution >= 0.6 is 11.3 Å². The molecule has 3 N–H and O–H groups in total. The highest BCUT2D eigenvalue weighted by atomic mass is 32.1. The number of rotatable bonds is 6. The first-order chi connectivity index (χ1) is 10.5. The minimum Gasteiger partial charge on any atom is -0.497 e. The van der Waals surface area contributed by atoms with E-state index in [1.165, 1.54) is 16.7 Å². The molecule has 0 unspecified atom stereocenters. The molecule has 0 bridgehead atoms. The molecule has 0 radical (unpaired) electrons. The minimum atomic E-state index is -1.35. The molecular formula is C14H14N2O5S. The number of nitrogens with zero attached hydrogens (tertiary/aromatic N) is 1. The van der Waals surface area contributed by atoms with Crippen molar-refractivity contribution in [3.8, 4) is 16.3 Å². The highest BCUT2D eigenvalue weighted by Crippen LogP contribution is 2.25. The lowest BCUT2D eigenvalue weighted by molar-refractivity contribution is -0.140. The van der Waals surface area contributed by atoms with Crippen LogP contribution in [0.5, 0.6) is 5.75 Å². The van der Waals surface area contributed by atoms with Gasteiger partial charge in [0, 0.05) is 10.9 Å². The van der Waals surface area contributed by atoms with Gasteiger partial charge in [-0.3, -0.25) is 4.79 Å². The van der Waals surface area contributed by atoms with Crippen molar-refractivity contribution in [2.45, 2.75) is 6.04 Å². The van der Waals surface area contributed by atoms with Crippen molar-refractivity contribution >= 4 is 23.2 Å². The van der Waals surface area contributed by atoms with E-state index in [9.17, 15) is 9.59 Å². The van der Waals surface area contributed by atoms with Crippen LogP contribution in [-0.2, 0) is 4.79 Å². The molecule has 8 heteroatoms. The molecule has 0 saturated carbocycles. The summed E-state index contributed by atoms with van der Waals surface area (Å²) in [7, 11) is 1.57. The van der Waals surface area contributed by atoms with Crippen LogP contribution in [0.25, 0.3) is 10.6 Å². The molecule has 0 aliphatic heterocycles. The van der Waals surface area contributed by atoms with E-state index >= 15 is 0 Å². The molecule has 1 amide bonds. The average Bonchev–Trinajstić information content (AvgIpc) is 3.02.